The number of nitrogens with zero attached hydrogens (tertiary/aromatic N) is 3. The zero-order valence-corrected chi connectivity index (χ0v) is 9.86. The van der Waals surface area contributed by atoms with Crippen molar-refractivity contribution < 1.29 is 0 Å². The first-order valence-electron chi connectivity index (χ1n) is 5.63. The van der Waals surface area contributed by atoms with Gasteiger partial charge < -0.3 is 10.3 Å². The highest BCUT2D eigenvalue weighted by Crippen LogP contribution is 2.18. The molecule has 0 amide bonds. The van der Waals surface area contributed by atoms with Crippen molar-refractivity contribution in [1.29, 1.82) is 0 Å². The monoisotopic (exact) mass is 219 g/mol. The summed E-state index contributed by atoms with van der Waals surface area (Å²) in [5.41, 5.74) is 1.58. The summed E-state index contributed by atoms with van der Waals surface area (Å²) in [4.78, 5) is 15.6. The van der Waals surface area contributed by atoms with E-state index in [2.05, 4.69) is 46.0 Å². The van der Waals surface area contributed by atoms with Crippen LogP contribution in [0.1, 0.15) is 27.2 Å². The van der Waals surface area contributed by atoms with Gasteiger partial charge in [-0.3, -0.25) is 0 Å². The van der Waals surface area contributed by atoms with Crippen molar-refractivity contribution in [3.63, 3.8) is 0 Å². The minimum Gasteiger partial charge on any atom is -0.365 e. The van der Waals surface area contributed by atoms with Crippen molar-refractivity contribution >= 4 is 17.0 Å². The Hall–Kier alpha value is -1.65. The molecule has 2 N–H and O–H groups in total. The van der Waals surface area contributed by atoms with E-state index in [0.717, 1.165) is 23.4 Å². The molecule has 0 aromatic carbocycles. The molecular weight excluding hydrogens is 202 g/mol. The highest BCUT2D eigenvalue weighted by atomic mass is 15.1. The van der Waals surface area contributed by atoms with Crippen molar-refractivity contribution in [2.45, 2.75) is 33.2 Å². The van der Waals surface area contributed by atoms with Crippen LogP contribution in [0.5, 0.6) is 0 Å². The lowest BCUT2D eigenvalue weighted by molar-refractivity contribution is 0.510. The van der Waals surface area contributed by atoms with Gasteiger partial charge in [-0.1, -0.05) is 20.8 Å². The lowest BCUT2D eigenvalue weighted by Crippen LogP contribution is -2.25. The quantitative estimate of drug-likeness (QED) is 0.827. The molecule has 2 rings (SSSR count). The van der Waals surface area contributed by atoms with Gasteiger partial charge in [0.15, 0.2) is 11.5 Å². The molecule has 0 unspecified atom stereocenters. The molecule has 1 atom stereocenters. The largest absolute Gasteiger partial charge is 0.365 e. The number of nitrogens with one attached hydrogen (secondary N) is 2. The number of imidazole rings is 1. The van der Waals surface area contributed by atoms with Crippen LogP contribution in [0.4, 0.5) is 5.82 Å². The highest BCUT2D eigenvalue weighted by molar-refractivity contribution is 5.82. The summed E-state index contributed by atoms with van der Waals surface area (Å²) in [7, 11) is 0. The molecule has 2 heterocycles. The number of hydrogen-bond donors (Lipinski definition) is 2. The van der Waals surface area contributed by atoms with Crippen LogP contribution in [0.15, 0.2) is 12.7 Å². The van der Waals surface area contributed by atoms with Crippen molar-refractivity contribution in [3.8, 4) is 0 Å². The SMILES string of the molecule is CC[C@H](Nc1ncnc2[nH]cnc12)C(C)C. The molecular formula is C11H17N5. The van der Waals surface area contributed by atoms with E-state index in [0.29, 0.717) is 12.0 Å². The van der Waals surface area contributed by atoms with E-state index in [4.69, 9.17) is 0 Å². The number of rotatable bonds is 4. The maximum atomic E-state index is 4.24. The summed E-state index contributed by atoms with van der Waals surface area (Å²) < 4.78 is 0. The first kappa shape index (κ1) is 10.9. The third kappa shape index (κ3) is 1.98. The molecule has 2 aromatic heterocycles. The number of H-pyrrole nitrogens is 1. The van der Waals surface area contributed by atoms with Crippen LogP contribution in [0, 0.1) is 5.92 Å². The molecule has 0 aliphatic carbocycles. The van der Waals surface area contributed by atoms with Crippen molar-refractivity contribution in [2.24, 2.45) is 5.92 Å². The minimum atomic E-state index is 0.412. The van der Waals surface area contributed by atoms with Gasteiger partial charge in [0.2, 0.25) is 0 Å². The molecule has 0 spiro atoms. The Morgan fingerprint density at radius 3 is 2.81 bits per heavy atom. The van der Waals surface area contributed by atoms with E-state index in [1.807, 2.05) is 0 Å². The Kier molecular flexibility index (Phi) is 3.03. The fourth-order valence-corrected chi connectivity index (χ4v) is 1.79. The molecule has 0 fully saturated rings. The standard InChI is InChI=1S/C11H17N5/c1-4-8(7(2)3)16-11-9-10(13-5-12-9)14-6-15-11/h5-8H,4H2,1-3H3,(H2,12,13,14,15,16)/t8-/m0/s1. The van der Waals surface area contributed by atoms with Crippen molar-refractivity contribution in [1.82, 2.24) is 19.9 Å². The van der Waals surface area contributed by atoms with Crippen LogP contribution in [-0.4, -0.2) is 26.0 Å². The molecule has 2 aromatic rings. The van der Waals surface area contributed by atoms with Gasteiger partial charge in [-0.25, -0.2) is 15.0 Å². The molecule has 0 radical (unpaired) electrons. The first-order valence-corrected chi connectivity index (χ1v) is 5.63. The van der Waals surface area contributed by atoms with Crippen LogP contribution < -0.4 is 5.32 Å². The Morgan fingerprint density at radius 2 is 2.12 bits per heavy atom. The van der Waals surface area contributed by atoms with Crippen LogP contribution in [0.25, 0.3) is 11.2 Å². The topological polar surface area (TPSA) is 66.5 Å². The number of fused-ring (bicyclic) bond motifs is 1. The van der Waals surface area contributed by atoms with Gasteiger partial charge >= 0.3 is 0 Å². The number of aromatic amines is 1. The average Bonchev–Trinajstić information content (AvgIpc) is 2.73. The lowest BCUT2D eigenvalue weighted by atomic mass is 10.0. The predicted molar refractivity (Wildman–Crippen MR) is 64.2 cm³/mol. The summed E-state index contributed by atoms with van der Waals surface area (Å²) in [5, 5.41) is 3.42. The summed E-state index contributed by atoms with van der Waals surface area (Å²) in [6, 6.07) is 0.412. The van der Waals surface area contributed by atoms with E-state index in [9.17, 15) is 0 Å². The zero-order valence-electron chi connectivity index (χ0n) is 9.86. The van der Waals surface area contributed by atoms with E-state index < -0.39 is 0 Å². The van der Waals surface area contributed by atoms with Gasteiger partial charge in [0, 0.05) is 6.04 Å². The molecule has 0 saturated heterocycles. The van der Waals surface area contributed by atoms with Crippen LogP contribution in [0.3, 0.4) is 0 Å². The highest BCUT2D eigenvalue weighted by Gasteiger charge is 2.14. The summed E-state index contributed by atoms with van der Waals surface area (Å²) in [5.74, 6) is 1.38. The van der Waals surface area contributed by atoms with E-state index in [-0.39, 0.29) is 0 Å². The zero-order chi connectivity index (χ0) is 11.5. The van der Waals surface area contributed by atoms with E-state index in [1.165, 1.54) is 0 Å². The normalized spacial score (nSPS) is 13.2. The van der Waals surface area contributed by atoms with Gasteiger partial charge in [0.05, 0.1) is 6.33 Å². The third-order valence-electron chi connectivity index (χ3n) is 2.78. The Morgan fingerprint density at radius 1 is 1.31 bits per heavy atom. The molecule has 5 heteroatoms. The average molecular weight is 219 g/mol. The Labute approximate surface area is 94.7 Å². The summed E-state index contributed by atoms with van der Waals surface area (Å²) in [6.45, 7) is 6.56. The smallest absolute Gasteiger partial charge is 0.162 e. The molecule has 0 saturated carbocycles. The second-order valence-corrected chi connectivity index (χ2v) is 4.23. The Balaban J connectivity index is 2.29. The van der Waals surface area contributed by atoms with E-state index >= 15 is 0 Å². The fraction of sp³-hybridized carbons (Fsp3) is 0.545. The van der Waals surface area contributed by atoms with Crippen molar-refractivity contribution in [3.05, 3.63) is 12.7 Å². The molecule has 0 bridgehead atoms. The lowest BCUT2D eigenvalue weighted by Gasteiger charge is -2.21. The second kappa shape index (κ2) is 4.47. The minimum absolute atomic E-state index is 0.412. The van der Waals surface area contributed by atoms with E-state index in [1.54, 1.807) is 12.7 Å². The molecule has 86 valence electrons. The maximum Gasteiger partial charge on any atom is 0.162 e. The van der Waals surface area contributed by atoms with Gasteiger partial charge in [-0.05, 0) is 12.3 Å². The molecule has 5 nitrogen and oxygen atoms in total. The molecule has 0 aliphatic heterocycles. The Bertz CT molecular complexity index is 462. The fourth-order valence-electron chi connectivity index (χ4n) is 1.79. The van der Waals surface area contributed by atoms with Crippen LogP contribution in [-0.2, 0) is 0 Å². The van der Waals surface area contributed by atoms with Gasteiger partial charge in [0.25, 0.3) is 0 Å². The molecule has 0 aliphatic rings. The summed E-state index contributed by atoms with van der Waals surface area (Å²) in [6.07, 6.45) is 4.25. The third-order valence-corrected chi connectivity index (χ3v) is 2.78. The van der Waals surface area contributed by atoms with Gasteiger partial charge in [0.1, 0.15) is 11.8 Å². The first-order chi connectivity index (χ1) is 7.72. The molecule has 16 heavy (non-hydrogen) atoms. The van der Waals surface area contributed by atoms with Gasteiger partial charge in [-0.2, -0.15) is 0 Å². The number of aromatic nitrogens is 4. The van der Waals surface area contributed by atoms with Crippen LogP contribution >= 0.6 is 0 Å². The van der Waals surface area contributed by atoms with Crippen molar-refractivity contribution in [2.75, 3.05) is 5.32 Å². The predicted octanol–water partition coefficient (Wildman–Crippen LogP) is 2.20. The number of hydrogen-bond acceptors (Lipinski definition) is 4. The second-order valence-electron chi connectivity index (χ2n) is 4.23. The number of anilines is 1. The van der Waals surface area contributed by atoms with Crippen LogP contribution in [0.2, 0.25) is 0 Å². The summed E-state index contributed by atoms with van der Waals surface area (Å²) >= 11 is 0. The maximum absolute atomic E-state index is 4.24. The van der Waals surface area contributed by atoms with Gasteiger partial charge in [-0.15, -0.1) is 0 Å².